The molecule has 2 aliphatic rings. The Morgan fingerprint density at radius 3 is 2.71 bits per heavy atom. The van der Waals surface area contributed by atoms with Crippen LogP contribution in [0.2, 0.25) is 0 Å². The fourth-order valence-electron chi connectivity index (χ4n) is 4.01. The monoisotopic (exact) mass is 293 g/mol. The molecule has 2 heterocycles. The molecular formula is C16H27N3O2. The van der Waals surface area contributed by atoms with Crippen LogP contribution in [-0.4, -0.2) is 51.6 Å². The standard InChI is InChI=1S/C16H27N3O2/c1-2-9-19-14(5-8-17-19)15(20)16(6-3-4-7-16)18-10-12-21-13-11-18/h5,8,15,20H,2-4,6-7,9-13H2,1H3. The zero-order valence-corrected chi connectivity index (χ0v) is 13.0. The second-order valence-electron chi connectivity index (χ2n) is 6.29. The molecule has 0 radical (unpaired) electrons. The molecule has 1 saturated carbocycles. The summed E-state index contributed by atoms with van der Waals surface area (Å²) in [6.45, 7) is 6.44. The molecule has 3 rings (SSSR count). The summed E-state index contributed by atoms with van der Waals surface area (Å²) >= 11 is 0. The Hall–Kier alpha value is -0.910. The van der Waals surface area contributed by atoms with E-state index in [1.165, 1.54) is 12.8 Å². The van der Waals surface area contributed by atoms with Crippen molar-refractivity contribution in [1.29, 1.82) is 0 Å². The highest BCUT2D eigenvalue weighted by Gasteiger charge is 2.47. The van der Waals surface area contributed by atoms with E-state index >= 15 is 0 Å². The molecule has 1 atom stereocenters. The molecule has 1 saturated heterocycles. The van der Waals surface area contributed by atoms with Gasteiger partial charge >= 0.3 is 0 Å². The maximum Gasteiger partial charge on any atom is 0.114 e. The second-order valence-corrected chi connectivity index (χ2v) is 6.29. The summed E-state index contributed by atoms with van der Waals surface area (Å²) in [5.74, 6) is 0. The van der Waals surface area contributed by atoms with Crippen LogP contribution in [0.3, 0.4) is 0 Å². The van der Waals surface area contributed by atoms with Crippen molar-refractivity contribution in [2.75, 3.05) is 26.3 Å². The highest BCUT2D eigenvalue weighted by Crippen LogP contribution is 2.44. The van der Waals surface area contributed by atoms with Crippen LogP contribution >= 0.6 is 0 Å². The van der Waals surface area contributed by atoms with Crippen LogP contribution in [0.5, 0.6) is 0 Å². The van der Waals surface area contributed by atoms with Gasteiger partial charge < -0.3 is 9.84 Å². The number of aliphatic hydroxyl groups is 1. The van der Waals surface area contributed by atoms with Crippen molar-refractivity contribution in [3.63, 3.8) is 0 Å². The number of aliphatic hydroxyl groups excluding tert-OH is 1. The summed E-state index contributed by atoms with van der Waals surface area (Å²) in [6.07, 6.45) is 6.96. The lowest BCUT2D eigenvalue weighted by atomic mass is 9.85. The molecule has 5 heteroatoms. The quantitative estimate of drug-likeness (QED) is 0.902. The molecule has 1 aromatic heterocycles. The van der Waals surface area contributed by atoms with Gasteiger partial charge in [0.25, 0.3) is 0 Å². The summed E-state index contributed by atoms with van der Waals surface area (Å²) < 4.78 is 7.47. The maximum absolute atomic E-state index is 11.2. The smallest absolute Gasteiger partial charge is 0.114 e. The topological polar surface area (TPSA) is 50.5 Å². The predicted molar refractivity (Wildman–Crippen MR) is 81.1 cm³/mol. The molecular weight excluding hydrogens is 266 g/mol. The van der Waals surface area contributed by atoms with Gasteiger partial charge in [0.15, 0.2) is 0 Å². The van der Waals surface area contributed by atoms with Gasteiger partial charge in [-0.25, -0.2) is 0 Å². The van der Waals surface area contributed by atoms with Crippen molar-refractivity contribution in [1.82, 2.24) is 14.7 Å². The van der Waals surface area contributed by atoms with Crippen LogP contribution in [0.25, 0.3) is 0 Å². The first-order valence-corrected chi connectivity index (χ1v) is 8.30. The van der Waals surface area contributed by atoms with Gasteiger partial charge in [0.2, 0.25) is 0 Å². The van der Waals surface area contributed by atoms with Gasteiger partial charge in [-0.15, -0.1) is 0 Å². The van der Waals surface area contributed by atoms with E-state index < -0.39 is 6.10 Å². The summed E-state index contributed by atoms with van der Waals surface area (Å²) in [6, 6.07) is 1.99. The lowest BCUT2D eigenvalue weighted by Crippen LogP contribution is -2.55. The minimum absolute atomic E-state index is 0.116. The van der Waals surface area contributed by atoms with Crippen LogP contribution < -0.4 is 0 Å². The molecule has 0 aromatic carbocycles. The molecule has 118 valence electrons. The third-order valence-corrected chi connectivity index (χ3v) is 5.08. The Balaban J connectivity index is 1.87. The highest BCUT2D eigenvalue weighted by atomic mass is 16.5. The van der Waals surface area contributed by atoms with Gasteiger partial charge in [-0.3, -0.25) is 9.58 Å². The SMILES string of the molecule is CCCn1nccc1C(O)C1(N2CCOCC2)CCCC1. The molecule has 5 nitrogen and oxygen atoms in total. The number of aromatic nitrogens is 2. The molecule has 21 heavy (non-hydrogen) atoms. The van der Waals surface area contributed by atoms with Crippen molar-refractivity contribution in [3.8, 4) is 0 Å². The van der Waals surface area contributed by atoms with E-state index in [4.69, 9.17) is 4.74 Å². The summed E-state index contributed by atoms with van der Waals surface area (Å²) in [4.78, 5) is 2.47. The second kappa shape index (κ2) is 6.46. The Labute approximate surface area is 126 Å². The van der Waals surface area contributed by atoms with E-state index in [0.717, 1.165) is 57.8 Å². The lowest BCUT2D eigenvalue weighted by Gasteiger charge is -2.46. The molecule has 1 aliphatic heterocycles. The first-order valence-electron chi connectivity index (χ1n) is 8.30. The molecule has 0 amide bonds. The van der Waals surface area contributed by atoms with Crippen molar-refractivity contribution >= 4 is 0 Å². The normalized spacial score (nSPS) is 24.3. The molecule has 2 fully saturated rings. The average molecular weight is 293 g/mol. The van der Waals surface area contributed by atoms with E-state index in [1.807, 2.05) is 16.9 Å². The summed E-state index contributed by atoms with van der Waals surface area (Å²) in [5.41, 5.74) is 0.861. The van der Waals surface area contributed by atoms with E-state index in [1.54, 1.807) is 0 Å². The Morgan fingerprint density at radius 2 is 2.05 bits per heavy atom. The molecule has 1 N–H and O–H groups in total. The first-order chi connectivity index (χ1) is 10.3. The van der Waals surface area contributed by atoms with Gasteiger partial charge in [0.05, 0.1) is 24.4 Å². The van der Waals surface area contributed by atoms with Crippen LogP contribution in [0.15, 0.2) is 12.3 Å². The summed E-state index contributed by atoms with van der Waals surface area (Å²) in [7, 11) is 0. The fraction of sp³-hybridized carbons (Fsp3) is 0.812. The van der Waals surface area contributed by atoms with Gasteiger partial charge in [-0.1, -0.05) is 19.8 Å². The zero-order valence-electron chi connectivity index (χ0n) is 13.0. The number of hydrogen-bond acceptors (Lipinski definition) is 4. The number of aryl methyl sites for hydroxylation is 1. The van der Waals surface area contributed by atoms with E-state index in [2.05, 4.69) is 16.9 Å². The van der Waals surface area contributed by atoms with Crippen LogP contribution in [0, 0.1) is 0 Å². The Kier molecular flexibility index (Phi) is 4.62. The molecule has 1 aromatic rings. The van der Waals surface area contributed by atoms with Gasteiger partial charge in [0.1, 0.15) is 6.10 Å². The van der Waals surface area contributed by atoms with Crippen LogP contribution in [-0.2, 0) is 11.3 Å². The minimum Gasteiger partial charge on any atom is -0.385 e. The van der Waals surface area contributed by atoms with Crippen LogP contribution in [0.1, 0.15) is 50.8 Å². The van der Waals surface area contributed by atoms with Crippen molar-refractivity contribution in [3.05, 3.63) is 18.0 Å². The number of ether oxygens (including phenoxy) is 1. The third-order valence-electron chi connectivity index (χ3n) is 5.08. The summed E-state index contributed by atoms with van der Waals surface area (Å²) in [5, 5.41) is 15.6. The third kappa shape index (κ3) is 2.74. The van der Waals surface area contributed by atoms with Crippen molar-refractivity contribution in [2.45, 2.75) is 57.2 Å². The molecule has 0 spiro atoms. The highest BCUT2D eigenvalue weighted by molar-refractivity contribution is 5.15. The average Bonchev–Trinajstić information content (AvgIpc) is 3.18. The molecule has 1 aliphatic carbocycles. The predicted octanol–water partition coefficient (Wildman–Crippen LogP) is 1.97. The largest absolute Gasteiger partial charge is 0.385 e. The van der Waals surface area contributed by atoms with Crippen molar-refractivity contribution in [2.24, 2.45) is 0 Å². The number of hydrogen-bond donors (Lipinski definition) is 1. The van der Waals surface area contributed by atoms with Gasteiger partial charge in [-0.05, 0) is 25.3 Å². The Morgan fingerprint density at radius 1 is 1.33 bits per heavy atom. The van der Waals surface area contributed by atoms with Crippen LogP contribution in [0.4, 0.5) is 0 Å². The van der Waals surface area contributed by atoms with E-state index in [-0.39, 0.29) is 5.54 Å². The Bertz CT molecular complexity index is 448. The van der Waals surface area contributed by atoms with Gasteiger partial charge in [-0.2, -0.15) is 5.10 Å². The number of morpholine rings is 1. The van der Waals surface area contributed by atoms with E-state index in [9.17, 15) is 5.11 Å². The molecule has 1 unspecified atom stereocenters. The van der Waals surface area contributed by atoms with E-state index in [0.29, 0.717) is 0 Å². The van der Waals surface area contributed by atoms with Gasteiger partial charge in [0, 0.05) is 25.8 Å². The zero-order chi connectivity index (χ0) is 14.7. The first kappa shape index (κ1) is 15.0. The van der Waals surface area contributed by atoms with Crippen molar-refractivity contribution < 1.29 is 9.84 Å². The lowest BCUT2D eigenvalue weighted by molar-refractivity contribution is -0.0799. The fourth-order valence-corrected chi connectivity index (χ4v) is 4.01. The minimum atomic E-state index is -0.452. The maximum atomic E-state index is 11.2. The number of nitrogens with zero attached hydrogens (tertiary/aromatic N) is 3. The molecule has 0 bridgehead atoms. The number of rotatable bonds is 5.